The summed E-state index contributed by atoms with van der Waals surface area (Å²) < 4.78 is 0. The molecule has 1 unspecified atom stereocenters. The van der Waals surface area contributed by atoms with Crippen LogP contribution in [0.4, 0.5) is 0 Å². The smallest absolute Gasteiger partial charge is 0.115 e. The van der Waals surface area contributed by atoms with Gasteiger partial charge in [-0.15, -0.1) is 0 Å². The molecule has 3 nitrogen and oxygen atoms in total. The molecule has 1 heterocycles. The van der Waals surface area contributed by atoms with Crippen molar-refractivity contribution in [2.24, 2.45) is 5.73 Å². The zero-order valence-corrected chi connectivity index (χ0v) is 10.3. The van der Waals surface area contributed by atoms with Gasteiger partial charge in [-0.3, -0.25) is 0 Å². The second-order valence-electron chi connectivity index (χ2n) is 4.80. The molecule has 2 aromatic rings. The maximum Gasteiger partial charge on any atom is 0.115 e. The molecule has 0 radical (unpaired) electrons. The van der Waals surface area contributed by atoms with Crippen LogP contribution < -0.4 is 5.73 Å². The summed E-state index contributed by atoms with van der Waals surface area (Å²) in [5, 5.41) is 0. The number of nitrogens with two attached hydrogens (primary N) is 1. The van der Waals surface area contributed by atoms with Crippen molar-refractivity contribution in [2.75, 3.05) is 6.54 Å². The molecule has 0 aliphatic heterocycles. The Morgan fingerprint density at radius 3 is 2.83 bits per heavy atom. The normalized spacial score (nSPS) is 15.4. The van der Waals surface area contributed by atoms with Crippen molar-refractivity contribution < 1.29 is 0 Å². The van der Waals surface area contributed by atoms with E-state index in [1.54, 1.807) is 12.5 Å². The molecule has 0 fully saturated rings. The minimum atomic E-state index is 0.180. The van der Waals surface area contributed by atoms with E-state index in [0.29, 0.717) is 6.54 Å². The summed E-state index contributed by atoms with van der Waals surface area (Å²) in [6.45, 7) is 0.579. The third-order valence-corrected chi connectivity index (χ3v) is 3.72. The summed E-state index contributed by atoms with van der Waals surface area (Å²) >= 11 is 0. The predicted octanol–water partition coefficient (Wildman–Crippen LogP) is 2.06. The van der Waals surface area contributed by atoms with Crippen molar-refractivity contribution in [2.45, 2.75) is 25.2 Å². The van der Waals surface area contributed by atoms with Gasteiger partial charge in [-0.05, 0) is 42.0 Å². The van der Waals surface area contributed by atoms with Crippen LogP contribution in [0.5, 0.6) is 0 Å². The molecule has 0 amide bonds. The van der Waals surface area contributed by atoms with Crippen LogP contribution in [0.2, 0.25) is 0 Å². The largest absolute Gasteiger partial charge is 0.329 e. The highest BCUT2D eigenvalue weighted by atomic mass is 14.8. The Kier molecular flexibility index (Phi) is 3.07. The quantitative estimate of drug-likeness (QED) is 0.892. The number of rotatable bonds is 3. The third kappa shape index (κ3) is 2.02. The summed E-state index contributed by atoms with van der Waals surface area (Å²) in [6.07, 6.45) is 7.06. The van der Waals surface area contributed by atoms with Gasteiger partial charge in [-0.25, -0.2) is 9.97 Å². The summed E-state index contributed by atoms with van der Waals surface area (Å²) in [5.41, 5.74) is 11.2. The van der Waals surface area contributed by atoms with Gasteiger partial charge in [0.15, 0.2) is 0 Å². The Balaban J connectivity index is 1.97. The number of fused-ring (bicyclic) bond motifs is 1. The average Bonchev–Trinajstić information content (AvgIpc) is 2.88. The van der Waals surface area contributed by atoms with Crippen LogP contribution in [0.25, 0.3) is 0 Å². The molecule has 3 rings (SSSR count). The second-order valence-corrected chi connectivity index (χ2v) is 4.80. The van der Waals surface area contributed by atoms with Crippen LogP contribution in [0.3, 0.4) is 0 Å². The van der Waals surface area contributed by atoms with Crippen molar-refractivity contribution in [3.63, 3.8) is 0 Å². The zero-order valence-electron chi connectivity index (χ0n) is 10.3. The summed E-state index contributed by atoms with van der Waals surface area (Å²) in [4.78, 5) is 8.29. The Hall–Kier alpha value is -1.74. The van der Waals surface area contributed by atoms with Gasteiger partial charge in [0, 0.05) is 18.7 Å². The standard InChI is InChI=1S/C15H17N3/c16-9-14(15-6-7-17-10-18-15)13-5-4-11-2-1-3-12(11)8-13/h4-8,10,14H,1-3,9,16H2. The van der Waals surface area contributed by atoms with Gasteiger partial charge < -0.3 is 5.73 Å². The topological polar surface area (TPSA) is 51.8 Å². The number of nitrogens with zero attached hydrogens (tertiary/aromatic N) is 2. The van der Waals surface area contributed by atoms with Gasteiger partial charge in [0.25, 0.3) is 0 Å². The zero-order chi connectivity index (χ0) is 12.4. The van der Waals surface area contributed by atoms with Crippen molar-refractivity contribution in [3.8, 4) is 0 Å². The molecule has 1 atom stereocenters. The van der Waals surface area contributed by atoms with E-state index in [0.717, 1.165) is 5.69 Å². The lowest BCUT2D eigenvalue weighted by atomic mass is 9.93. The fourth-order valence-electron chi connectivity index (χ4n) is 2.74. The first-order chi connectivity index (χ1) is 8.88. The monoisotopic (exact) mass is 239 g/mol. The average molecular weight is 239 g/mol. The van der Waals surface area contributed by atoms with Gasteiger partial charge in [0.2, 0.25) is 0 Å². The number of benzene rings is 1. The molecule has 1 aromatic carbocycles. The maximum absolute atomic E-state index is 5.92. The molecule has 0 saturated carbocycles. The SMILES string of the molecule is NCC(c1ccc2c(c1)CCC2)c1ccncn1. The lowest BCUT2D eigenvalue weighted by molar-refractivity contribution is 0.780. The Morgan fingerprint density at radius 1 is 1.17 bits per heavy atom. The predicted molar refractivity (Wildman–Crippen MR) is 71.4 cm³/mol. The summed E-state index contributed by atoms with van der Waals surface area (Å²) in [7, 11) is 0. The Morgan fingerprint density at radius 2 is 2.06 bits per heavy atom. The van der Waals surface area contributed by atoms with E-state index in [2.05, 4.69) is 28.2 Å². The lowest BCUT2D eigenvalue weighted by Gasteiger charge is -2.15. The van der Waals surface area contributed by atoms with E-state index in [1.165, 1.54) is 36.0 Å². The molecule has 0 bridgehead atoms. The molecule has 18 heavy (non-hydrogen) atoms. The molecule has 3 heteroatoms. The van der Waals surface area contributed by atoms with Gasteiger partial charge in [0.1, 0.15) is 6.33 Å². The fraction of sp³-hybridized carbons (Fsp3) is 0.333. The Bertz CT molecular complexity index is 537. The van der Waals surface area contributed by atoms with Gasteiger partial charge >= 0.3 is 0 Å². The van der Waals surface area contributed by atoms with Crippen molar-refractivity contribution >= 4 is 0 Å². The van der Waals surface area contributed by atoms with Crippen LogP contribution in [-0.2, 0) is 12.8 Å². The van der Waals surface area contributed by atoms with Gasteiger partial charge in [-0.2, -0.15) is 0 Å². The lowest BCUT2D eigenvalue weighted by Crippen LogP contribution is -2.15. The third-order valence-electron chi connectivity index (χ3n) is 3.72. The van der Waals surface area contributed by atoms with Crippen molar-refractivity contribution in [3.05, 3.63) is 59.2 Å². The van der Waals surface area contributed by atoms with Gasteiger partial charge in [-0.1, -0.05) is 18.2 Å². The van der Waals surface area contributed by atoms with Crippen molar-refractivity contribution in [1.29, 1.82) is 0 Å². The molecule has 1 aliphatic carbocycles. The summed E-state index contributed by atoms with van der Waals surface area (Å²) in [5.74, 6) is 0.180. The molecule has 1 aromatic heterocycles. The molecular formula is C15H17N3. The van der Waals surface area contributed by atoms with Crippen LogP contribution in [0.1, 0.15) is 34.7 Å². The molecule has 1 aliphatic rings. The van der Waals surface area contributed by atoms with Crippen molar-refractivity contribution in [1.82, 2.24) is 9.97 Å². The molecule has 92 valence electrons. The highest BCUT2D eigenvalue weighted by Crippen LogP contribution is 2.28. The van der Waals surface area contributed by atoms with E-state index in [9.17, 15) is 0 Å². The first-order valence-corrected chi connectivity index (χ1v) is 6.46. The van der Waals surface area contributed by atoms with Crippen LogP contribution >= 0.6 is 0 Å². The van der Waals surface area contributed by atoms with Crippen LogP contribution in [0.15, 0.2) is 36.8 Å². The number of aromatic nitrogens is 2. The van der Waals surface area contributed by atoms with E-state index in [1.807, 2.05) is 6.07 Å². The molecule has 0 spiro atoms. The first-order valence-electron chi connectivity index (χ1n) is 6.46. The second kappa shape index (κ2) is 4.86. The number of aryl methyl sites for hydroxylation is 2. The fourth-order valence-corrected chi connectivity index (χ4v) is 2.74. The van der Waals surface area contributed by atoms with Gasteiger partial charge in [0.05, 0.1) is 5.69 Å². The van der Waals surface area contributed by atoms with Crippen LogP contribution in [0, 0.1) is 0 Å². The highest BCUT2D eigenvalue weighted by Gasteiger charge is 2.17. The van der Waals surface area contributed by atoms with Crippen LogP contribution in [-0.4, -0.2) is 16.5 Å². The van der Waals surface area contributed by atoms with E-state index in [4.69, 9.17) is 5.73 Å². The highest BCUT2D eigenvalue weighted by molar-refractivity contribution is 5.39. The first kappa shape index (κ1) is 11.4. The maximum atomic E-state index is 5.92. The number of hydrogen-bond acceptors (Lipinski definition) is 3. The van der Waals surface area contributed by atoms with E-state index >= 15 is 0 Å². The molecule has 0 saturated heterocycles. The minimum Gasteiger partial charge on any atom is -0.329 e. The van der Waals surface area contributed by atoms with E-state index < -0.39 is 0 Å². The summed E-state index contributed by atoms with van der Waals surface area (Å²) in [6, 6.07) is 8.71. The molecule has 2 N–H and O–H groups in total. The number of hydrogen-bond donors (Lipinski definition) is 1. The van der Waals surface area contributed by atoms with E-state index in [-0.39, 0.29) is 5.92 Å². The minimum absolute atomic E-state index is 0.180. The Labute approximate surface area is 107 Å². The molecular weight excluding hydrogens is 222 g/mol.